The fourth-order valence-corrected chi connectivity index (χ4v) is 8.92. The molecule has 65 heavy (non-hydrogen) atoms. The number of aliphatic hydroxyl groups is 2. The van der Waals surface area contributed by atoms with Crippen LogP contribution in [0.3, 0.4) is 0 Å². The molecule has 0 aromatic heterocycles. The van der Waals surface area contributed by atoms with E-state index in [1.165, 1.54) is 218 Å². The Hall–Kier alpha value is -1.91. The fraction of sp³-hybridized carbons (Fsp3) is 0.820. The molecule has 1 amide bonds. The Morgan fingerprint density at radius 3 is 1.02 bits per heavy atom. The van der Waals surface area contributed by atoms with Gasteiger partial charge in [0, 0.05) is 6.42 Å². The summed E-state index contributed by atoms with van der Waals surface area (Å²) in [5.41, 5.74) is 0. The van der Waals surface area contributed by atoms with Gasteiger partial charge in [-0.25, -0.2) is 0 Å². The normalized spacial score (nSPS) is 13.2. The van der Waals surface area contributed by atoms with Gasteiger partial charge in [-0.2, -0.15) is 0 Å². The number of nitrogens with one attached hydrogen (secondary N) is 1. The molecule has 0 saturated heterocycles. The van der Waals surface area contributed by atoms with Gasteiger partial charge >= 0.3 is 0 Å². The van der Waals surface area contributed by atoms with Gasteiger partial charge < -0.3 is 15.5 Å². The summed E-state index contributed by atoms with van der Waals surface area (Å²) in [4.78, 5) is 12.5. The molecular formula is C61H113NO3. The minimum absolute atomic E-state index is 0.0272. The van der Waals surface area contributed by atoms with Crippen LogP contribution >= 0.6 is 0 Å². The SMILES string of the molecule is CC/C=C\C/C=C\C/C=C\C/C=C\C/C=C\CCCCCCCCCCCCCCCCCCCCCCCC(=O)NC(CO)C(O)CCCCCCCCCCCCCCCCCC. The first-order chi connectivity index (χ1) is 32.2. The van der Waals surface area contributed by atoms with Crippen LogP contribution in [0.5, 0.6) is 0 Å². The standard InChI is InChI=1S/C61H113NO3/c1-3-5-7-9-11-13-15-17-19-21-22-23-24-25-26-27-28-29-30-31-32-33-34-35-36-37-38-39-40-41-43-45-47-49-51-53-55-57-61(65)62-59(58-63)60(64)56-54-52-50-48-46-44-42-20-18-16-14-12-10-8-6-4-2/h5,7,11,13,17,19,22-23,25-26,59-60,63-64H,3-4,6,8-10,12,14-16,18,20-21,24,27-58H2,1-2H3,(H,62,65)/b7-5-,13-11-,19-17-,23-22-,26-25-. The quantitative estimate of drug-likeness (QED) is 0.0421. The van der Waals surface area contributed by atoms with E-state index < -0.39 is 12.1 Å². The zero-order valence-corrected chi connectivity index (χ0v) is 43.8. The Kier molecular flexibility index (Phi) is 54.8. The topological polar surface area (TPSA) is 69.6 Å². The van der Waals surface area contributed by atoms with Crippen molar-refractivity contribution in [2.45, 2.75) is 315 Å². The van der Waals surface area contributed by atoms with Crippen molar-refractivity contribution < 1.29 is 15.0 Å². The summed E-state index contributed by atoms with van der Waals surface area (Å²) in [5.74, 6) is -0.0272. The lowest BCUT2D eigenvalue weighted by Crippen LogP contribution is -2.45. The predicted molar refractivity (Wildman–Crippen MR) is 290 cm³/mol. The summed E-state index contributed by atoms with van der Waals surface area (Å²) in [6, 6.07) is -0.536. The minimum atomic E-state index is -0.659. The number of aliphatic hydroxyl groups excluding tert-OH is 2. The van der Waals surface area contributed by atoms with Gasteiger partial charge in [0.25, 0.3) is 0 Å². The average molecular weight is 909 g/mol. The molecule has 0 aromatic carbocycles. The number of hydrogen-bond acceptors (Lipinski definition) is 3. The van der Waals surface area contributed by atoms with Crippen molar-refractivity contribution >= 4 is 5.91 Å². The zero-order valence-electron chi connectivity index (χ0n) is 43.8. The maximum Gasteiger partial charge on any atom is 0.220 e. The van der Waals surface area contributed by atoms with Gasteiger partial charge in [-0.3, -0.25) is 4.79 Å². The van der Waals surface area contributed by atoms with E-state index in [4.69, 9.17) is 0 Å². The van der Waals surface area contributed by atoms with Crippen molar-refractivity contribution in [3.8, 4) is 0 Å². The first-order valence-corrected chi connectivity index (χ1v) is 29.0. The number of rotatable bonds is 53. The van der Waals surface area contributed by atoms with Gasteiger partial charge in [-0.05, 0) is 57.8 Å². The van der Waals surface area contributed by atoms with Crippen LogP contribution < -0.4 is 5.32 Å². The highest BCUT2D eigenvalue weighted by Gasteiger charge is 2.20. The summed E-state index contributed by atoms with van der Waals surface area (Å²) >= 11 is 0. The molecule has 0 aliphatic carbocycles. The molecule has 0 bridgehead atoms. The molecular weight excluding hydrogens is 795 g/mol. The van der Waals surface area contributed by atoms with E-state index in [-0.39, 0.29) is 12.5 Å². The van der Waals surface area contributed by atoms with Crippen molar-refractivity contribution in [1.29, 1.82) is 0 Å². The second kappa shape index (κ2) is 56.4. The first-order valence-electron chi connectivity index (χ1n) is 29.0. The molecule has 2 unspecified atom stereocenters. The number of carbonyl (C=O) groups is 1. The highest BCUT2D eigenvalue weighted by molar-refractivity contribution is 5.76. The van der Waals surface area contributed by atoms with E-state index in [1.54, 1.807) is 0 Å². The van der Waals surface area contributed by atoms with Crippen LogP contribution in [0.25, 0.3) is 0 Å². The van der Waals surface area contributed by atoms with E-state index in [2.05, 4.69) is 79.9 Å². The van der Waals surface area contributed by atoms with Crippen molar-refractivity contribution in [2.75, 3.05) is 6.61 Å². The maximum absolute atomic E-state index is 12.5. The third-order valence-corrected chi connectivity index (χ3v) is 13.3. The van der Waals surface area contributed by atoms with Gasteiger partial charge in [-0.15, -0.1) is 0 Å². The number of carbonyl (C=O) groups excluding carboxylic acids is 1. The molecule has 0 aliphatic rings. The summed E-state index contributed by atoms with van der Waals surface area (Å²) in [7, 11) is 0. The molecule has 2 atom stereocenters. The van der Waals surface area contributed by atoms with Gasteiger partial charge in [-0.1, -0.05) is 299 Å². The molecule has 0 spiro atoms. The molecule has 4 nitrogen and oxygen atoms in total. The van der Waals surface area contributed by atoms with Crippen molar-refractivity contribution in [3.05, 3.63) is 60.8 Å². The Balaban J connectivity index is 3.41. The Labute approximate surface area is 406 Å². The van der Waals surface area contributed by atoms with Crippen LogP contribution in [0.4, 0.5) is 0 Å². The van der Waals surface area contributed by atoms with E-state index in [9.17, 15) is 15.0 Å². The lowest BCUT2D eigenvalue weighted by molar-refractivity contribution is -0.123. The molecule has 0 fully saturated rings. The third-order valence-electron chi connectivity index (χ3n) is 13.3. The molecule has 4 heteroatoms. The van der Waals surface area contributed by atoms with Crippen LogP contribution in [0, 0.1) is 0 Å². The van der Waals surface area contributed by atoms with Gasteiger partial charge in [0.15, 0.2) is 0 Å². The molecule has 380 valence electrons. The van der Waals surface area contributed by atoms with Gasteiger partial charge in [0.05, 0.1) is 18.8 Å². The number of unbranched alkanes of at least 4 members (excludes halogenated alkanes) is 36. The fourth-order valence-electron chi connectivity index (χ4n) is 8.92. The minimum Gasteiger partial charge on any atom is -0.394 e. The molecule has 0 rings (SSSR count). The Morgan fingerprint density at radius 2 is 0.677 bits per heavy atom. The number of amides is 1. The van der Waals surface area contributed by atoms with E-state index in [0.717, 1.165) is 57.8 Å². The van der Waals surface area contributed by atoms with Gasteiger partial charge in [0.2, 0.25) is 5.91 Å². The van der Waals surface area contributed by atoms with Crippen LogP contribution in [-0.2, 0) is 4.79 Å². The summed E-state index contributed by atoms with van der Waals surface area (Å²) < 4.78 is 0. The second-order valence-electron chi connectivity index (χ2n) is 19.7. The predicted octanol–water partition coefficient (Wildman–Crippen LogP) is 19.2. The van der Waals surface area contributed by atoms with E-state index in [1.807, 2.05) is 0 Å². The van der Waals surface area contributed by atoms with Crippen molar-refractivity contribution in [3.63, 3.8) is 0 Å². The summed E-state index contributed by atoms with van der Waals surface area (Å²) in [6.07, 6.45) is 79.3. The molecule has 0 saturated carbocycles. The molecule has 0 heterocycles. The second-order valence-corrected chi connectivity index (χ2v) is 19.7. The summed E-state index contributed by atoms with van der Waals surface area (Å²) in [5, 5.41) is 23.3. The van der Waals surface area contributed by atoms with E-state index >= 15 is 0 Å². The third kappa shape index (κ3) is 52.9. The van der Waals surface area contributed by atoms with Crippen LogP contribution in [0.1, 0.15) is 303 Å². The molecule has 0 aliphatic heterocycles. The van der Waals surface area contributed by atoms with Crippen LogP contribution in [0.15, 0.2) is 60.8 Å². The van der Waals surface area contributed by atoms with Crippen LogP contribution in [-0.4, -0.2) is 34.9 Å². The lowest BCUT2D eigenvalue weighted by Gasteiger charge is -2.22. The first kappa shape index (κ1) is 63.1. The zero-order chi connectivity index (χ0) is 47.0. The van der Waals surface area contributed by atoms with E-state index in [0.29, 0.717) is 12.8 Å². The Bertz CT molecular complexity index is 1070. The summed E-state index contributed by atoms with van der Waals surface area (Å²) in [6.45, 7) is 4.26. The molecule has 3 N–H and O–H groups in total. The molecule has 0 aromatic rings. The monoisotopic (exact) mass is 908 g/mol. The van der Waals surface area contributed by atoms with Gasteiger partial charge in [0.1, 0.15) is 0 Å². The maximum atomic E-state index is 12.5. The van der Waals surface area contributed by atoms with Crippen molar-refractivity contribution in [2.24, 2.45) is 0 Å². The number of allylic oxidation sites excluding steroid dienone is 10. The highest BCUT2D eigenvalue weighted by Crippen LogP contribution is 2.18. The molecule has 0 radical (unpaired) electrons. The lowest BCUT2D eigenvalue weighted by atomic mass is 10.0. The van der Waals surface area contributed by atoms with Crippen molar-refractivity contribution in [1.82, 2.24) is 5.32 Å². The smallest absolute Gasteiger partial charge is 0.220 e. The largest absolute Gasteiger partial charge is 0.394 e. The highest BCUT2D eigenvalue weighted by atomic mass is 16.3. The number of hydrogen-bond donors (Lipinski definition) is 3. The average Bonchev–Trinajstić information content (AvgIpc) is 3.31. The Morgan fingerprint density at radius 1 is 0.385 bits per heavy atom. The van der Waals surface area contributed by atoms with Crippen LogP contribution in [0.2, 0.25) is 0 Å².